The standard InChI is InChI=1S/C20H24N2O4/c1-22(11-19(23)21-13-6-7-13)20(24)12-25-14-8-9-18-16(10-14)15-4-2-3-5-17(15)26-18/h8-10,13H,2-7,11-12H2,1H3,(H,21,23). The Morgan fingerprint density at radius 3 is 2.88 bits per heavy atom. The van der Waals surface area contributed by atoms with Gasteiger partial charge in [0.1, 0.15) is 17.1 Å². The van der Waals surface area contributed by atoms with Gasteiger partial charge in [0.25, 0.3) is 5.91 Å². The first-order chi connectivity index (χ1) is 12.6. The number of carbonyl (C=O) groups is 2. The highest BCUT2D eigenvalue weighted by Crippen LogP contribution is 2.33. The third kappa shape index (κ3) is 3.69. The van der Waals surface area contributed by atoms with Crippen molar-refractivity contribution in [2.45, 2.75) is 44.6 Å². The number of ether oxygens (including phenoxy) is 1. The van der Waals surface area contributed by atoms with Crippen molar-refractivity contribution in [2.24, 2.45) is 0 Å². The summed E-state index contributed by atoms with van der Waals surface area (Å²) in [6, 6.07) is 5.98. The minimum absolute atomic E-state index is 0.0625. The smallest absolute Gasteiger partial charge is 0.260 e. The largest absolute Gasteiger partial charge is 0.484 e. The molecule has 2 aliphatic rings. The Bertz CT molecular complexity index is 838. The normalized spacial score (nSPS) is 16.2. The molecular weight excluding hydrogens is 332 g/mol. The van der Waals surface area contributed by atoms with Crippen LogP contribution in [0.3, 0.4) is 0 Å². The van der Waals surface area contributed by atoms with Gasteiger partial charge in [0.05, 0.1) is 6.54 Å². The summed E-state index contributed by atoms with van der Waals surface area (Å²) in [5.74, 6) is 1.40. The molecule has 1 aromatic heterocycles. The maximum Gasteiger partial charge on any atom is 0.260 e. The van der Waals surface area contributed by atoms with Crippen molar-refractivity contribution in [1.82, 2.24) is 10.2 Å². The van der Waals surface area contributed by atoms with Gasteiger partial charge in [-0.15, -0.1) is 0 Å². The number of hydrogen-bond donors (Lipinski definition) is 1. The second kappa shape index (κ2) is 7.02. The number of furan rings is 1. The van der Waals surface area contributed by atoms with Crippen LogP contribution in [0.25, 0.3) is 11.0 Å². The summed E-state index contributed by atoms with van der Waals surface area (Å²) in [7, 11) is 1.62. The van der Waals surface area contributed by atoms with Crippen molar-refractivity contribution < 1.29 is 18.7 Å². The van der Waals surface area contributed by atoms with E-state index in [0.29, 0.717) is 11.8 Å². The zero-order valence-electron chi connectivity index (χ0n) is 15.0. The van der Waals surface area contributed by atoms with Crippen molar-refractivity contribution in [3.8, 4) is 5.75 Å². The highest BCUT2D eigenvalue weighted by atomic mass is 16.5. The SMILES string of the molecule is CN(CC(=O)NC1CC1)C(=O)COc1ccc2oc3c(c2c1)CCCC3. The topological polar surface area (TPSA) is 71.8 Å². The van der Waals surface area contributed by atoms with Crippen LogP contribution in [0, 0.1) is 0 Å². The van der Waals surface area contributed by atoms with Crippen molar-refractivity contribution in [2.75, 3.05) is 20.2 Å². The average Bonchev–Trinajstić information content (AvgIpc) is 3.37. The lowest BCUT2D eigenvalue weighted by Gasteiger charge is -2.17. The van der Waals surface area contributed by atoms with Gasteiger partial charge in [-0.25, -0.2) is 0 Å². The van der Waals surface area contributed by atoms with Crippen LogP contribution in [0.15, 0.2) is 22.6 Å². The lowest BCUT2D eigenvalue weighted by Crippen LogP contribution is -2.40. The summed E-state index contributed by atoms with van der Waals surface area (Å²) < 4.78 is 11.6. The van der Waals surface area contributed by atoms with Gasteiger partial charge in [-0.1, -0.05) is 0 Å². The van der Waals surface area contributed by atoms with Crippen LogP contribution in [0.5, 0.6) is 5.75 Å². The maximum absolute atomic E-state index is 12.2. The van der Waals surface area contributed by atoms with Crippen molar-refractivity contribution in [3.63, 3.8) is 0 Å². The molecule has 0 saturated heterocycles. The Balaban J connectivity index is 1.36. The highest BCUT2D eigenvalue weighted by Gasteiger charge is 2.24. The van der Waals surface area contributed by atoms with E-state index >= 15 is 0 Å². The lowest BCUT2D eigenvalue weighted by atomic mass is 9.96. The second-order valence-corrected chi connectivity index (χ2v) is 7.25. The molecule has 0 bridgehead atoms. The molecule has 6 nitrogen and oxygen atoms in total. The predicted octanol–water partition coefficient (Wildman–Crippen LogP) is 2.43. The van der Waals surface area contributed by atoms with E-state index in [1.54, 1.807) is 7.05 Å². The Labute approximate surface area is 152 Å². The molecule has 138 valence electrons. The number of aryl methyl sites for hydroxylation is 2. The summed E-state index contributed by atoms with van der Waals surface area (Å²) in [4.78, 5) is 25.4. The van der Waals surface area contributed by atoms with Gasteiger partial charge in [-0.05, 0) is 50.3 Å². The molecule has 1 heterocycles. The average molecular weight is 356 g/mol. The zero-order chi connectivity index (χ0) is 18.1. The van der Waals surface area contributed by atoms with Crippen LogP contribution in [-0.4, -0.2) is 43.0 Å². The Kier molecular flexibility index (Phi) is 4.57. The summed E-state index contributed by atoms with van der Waals surface area (Å²) in [5, 5.41) is 3.96. The summed E-state index contributed by atoms with van der Waals surface area (Å²) in [5.41, 5.74) is 2.15. The molecule has 2 aliphatic carbocycles. The van der Waals surface area contributed by atoms with Gasteiger partial charge < -0.3 is 19.4 Å². The number of benzene rings is 1. The number of rotatable bonds is 6. The van der Waals surface area contributed by atoms with E-state index in [1.165, 1.54) is 23.3 Å². The predicted molar refractivity (Wildman–Crippen MR) is 97.2 cm³/mol. The first-order valence-corrected chi connectivity index (χ1v) is 9.30. The first-order valence-electron chi connectivity index (χ1n) is 9.30. The molecule has 2 amide bonds. The fraction of sp³-hybridized carbons (Fsp3) is 0.500. The molecule has 1 fully saturated rings. The number of fused-ring (bicyclic) bond motifs is 3. The molecule has 1 saturated carbocycles. The number of carbonyl (C=O) groups excluding carboxylic acids is 2. The number of hydrogen-bond acceptors (Lipinski definition) is 4. The molecular formula is C20H24N2O4. The molecule has 0 unspecified atom stereocenters. The Hall–Kier alpha value is -2.50. The Morgan fingerprint density at radius 1 is 1.27 bits per heavy atom. The monoisotopic (exact) mass is 356 g/mol. The van der Waals surface area contributed by atoms with Crippen LogP contribution in [0.2, 0.25) is 0 Å². The van der Waals surface area contributed by atoms with E-state index in [1.807, 2.05) is 18.2 Å². The molecule has 6 heteroatoms. The minimum Gasteiger partial charge on any atom is -0.484 e. The quantitative estimate of drug-likeness (QED) is 0.863. The molecule has 0 aliphatic heterocycles. The number of nitrogens with zero attached hydrogens (tertiary/aromatic N) is 1. The molecule has 1 aromatic carbocycles. The number of nitrogens with one attached hydrogen (secondary N) is 1. The molecule has 0 radical (unpaired) electrons. The van der Waals surface area contributed by atoms with E-state index < -0.39 is 0 Å². The second-order valence-electron chi connectivity index (χ2n) is 7.25. The van der Waals surface area contributed by atoms with Gasteiger partial charge in [0.15, 0.2) is 6.61 Å². The molecule has 0 atom stereocenters. The van der Waals surface area contributed by atoms with Crippen LogP contribution in [0.4, 0.5) is 0 Å². The van der Waals surface area contributed by atoms with Crippen molar-refractivity contribution in [3.05, 3.63) is 29.5 Å². The van der Waals surface area contributed by atoms with Crippen LogP contribution < -0.4 is 10.1 Å². The third-order valence-corrected chi connectivity index (χ3v) is 5.04. The first kappa shape index (κ1) is 16.9. The fourth-order valence-electron chi connectivity index (χ4n) is 3.39. The van der Waals surface area contributed by atoms with E-state index in [2.05, 4.69) is 5.32 Å². The molecule has 26 heavy (non-hydrogen) atoms. The van der Waals surface area contributed by atoms with Gasteiger partial charge in [-0.3, -0.25) is 9.59 Å². The molecule has 0 spiro atoms. The van der Waals surface area contributed by atoms with E-state index in [-0.39, 0.29) is 25.0 Å². The number of likely N-dealkylation sites (N-methyl/N-ethyl adjacent to an activating group) is 1. The van der Waals surface area contributed by atoms with Crippen molar-refractivity contribution in [1.29, 1.82) is 0 Å². The Morgan fingerprint density at radius 2 is 2.08 bits per heavy atom. The van der Waals surface area contributed by atoms with Gasteiger partial charge in [0.2, 0.25) is 5.91 Å². The summed E-state index contributed by atoms with van der Waals surface area (Å²) >= 11 is 0. The molecule has 4 rings (SSSR count). The summed E-state index contributed by atoms with van der Waals surface area (Å²) in [6.45, 7) is -0.0221. The van der Waals surface area contributed by atoms with E-state index in [4.69, 9.17) is 9.15 Å². The molecule has 1 N–H and O–H groups in total. The van der Waals surface area contributed by atoms with E-state index in [9.17, 15) is 9.59 Å². The van der Waals surface area contributed by atoms with Crippen LogP contribution >= 0.6 is 0 Å². The van der Waals surface area contributed by atoms with Gasteiger partial charge >= 0.3 is 0 Å². The fourth-order valence-corrected chi connectivity index (χ4v) is 3.39. The minimum atomic E-state index is -0.217. The van der Waals surface area contributed by atoms with E-state index in [0.717, 1.165) is 42.4 Å². The van der Waals surface area contributed by atoms with Gasteiger partial charge in [0, 0.05) is 30.5 Å². The molecule has 2 aromatic rings. The zero-order valence-corrected chi connectivity index (χ0v) is 15.0. The maximum atomic E-state index is 12.2. The highest BCUT2D eigenvalue weighted by molar-refractivity contribution is 5.86. The summed E-state index contributed by atoms with van der Waals surface area (Å²) in [6.07, 6.45) is 6.44. The third-order valence-electron chi connectivity index (χ3n) is 5.04. The van der Waals surface area contributed by atoms with Crippen molar-refractivity contribution >= 4 is 22.8 Å². The van der Waals surface area contributed by atoms with Gasteiger partial charge in [-0.2, -0.15) is 0 Å². The van der Waals surface area contributed by atoms with Crippen LogP contribution in [-0.2, 0) is 22.4 Å². The lowest BCUT2D eigenvalue weighted by molar-refractivity contribution is -0.136. The number of amides is 2. The van der Waals surface area contributed by atoms with Crippen LogP contribution in [0.1, 0.15) is 37.0 Å².